The molecule has 4 rings (SSSR count). The Kier molecular flexibility index (Phi) is 6.69. The van der Waals surface area contributed by atoms with E-state index in [0.29, 0.717) is 43.2 Å². The van der Waals surface area contributed by atoms with Crippen LogP contribution in [0.15, 0.2) is 36.4 Å². The van der Waals surface area contributed by atoms with Crippen LogP contribution in [0, 0.1) is 0 Å². The van der Waals surface area contributed by atoms with Crippen molar-refractivity contribution >= 4 is 34.9 Å². The smallest absolute Gasteiger partial charge is 0.319 e. The molecule has 2 heterocycles. The Morgan fingerprint density at radius 2 is 1.88 bits per heavy atom. The highest BCUT2D eigenvalue weighted by Gasteiger charge is 2.42. The van der Waals surface area contributed by atoms with Gasteiger partial charge in [-0.05, 0) is 75.3 Å². The van der Waals surface area contributed by atoms with Crippen LogP contribution in [-0.4, -0.2) is 50.7 Å². The van der Waals surface area contributed by atoms with E-state index in [0.717, 1.165) is 35.3 Å². The zero-order valence-electron chi connectivity index (χ0n) is 18.5. The topological polar surface area (TPSA) is 82.7 Å². The zero-order chi connectivity index (χ0) is 22.7. The lowest BCUT2D eigenvalue weighted by Crippen LogP contribution is -2.54. The number of hydrogen-bond donors (Lipinski definition) is 3. The van der Waals surface area contributed by atoms with Gasteiger partial charge in [0.15, 0.2) is 0 Å². The number of anilines is 2. The van der Waals surface area contributed by atoms with E-state index in [1.165, 1.54) is 0 Å². The van der Waals surface area contributed by atoms with Crippen LogP contribution in [-0.2, 0) is 15.1 Å². The lowest BCUT2D eigenvalue weighted by atomic mass is 9.79. The number of benzene rings is 2. The molecule has 32 heavy (non-hydrogen) atoms. The van der Waals surface area contributed by atoms with Crippen LogP contribution in [0.25, 0.3) is 11.1 Å². The maximum Gasteiger partial charge on any atom is 0.319 e. The van der Waals surface area contributed by atoms with E-state index < -0.39 is 5.54 Å². The number of rotatable bonds is 6. The first-order valence-electron chi connectivity index (χ1n) is 10.9. The van der Waals surface area contributed by atoms with Crippen molar-refractivity contribution in [3.63, 3.8) is 0 Å². The molecule has 2 aliphatic heterocycles. The molecule has 8 heteroatoms. The highest BCUT2D eigenvalue weighted by Crippen LogP contribution is 2.44. The third kappa shape index (κ3) is 4.90. The molecule has 1 fully saturated rings. The molecule has 170 valence electrons. The average Bonchev–Trinajstić information content (AvgIpc) is 2.75. The number of nitrogens with zero attached hydrogens (tertiary/aromatic N) is 1. The first-order valence-corrected chi connectivity index (χ1v) is 11.3. The Balaban J connectivity index is 1.54. The Labute approximate surface area is 193 Å². The van der Waals surface area contributed by atoms with E-state index in [-0.39, 0.29) is 11.9 Å². The molecule has 0 unspecified atom stereocenters. The monoisotopic (exact) mass is 456 g/mol. The van der Waals surface area contributed by atoms with Crippen LogP contribution in [0.4, 0.5) is 16.2 Å². The fraction of sp³-hybridized carbons (Fsp3) is 0.417. The molecule has 1 spiro atoms. The number of ether oxygens (including phenoxy) is 1. The van der Waals surface area contributed by atoms with Crippen LogP contribution in [0.1, 0.15) is 31.2 Å². The van der Waals surface area contributed by atoms with Gasteiger partial charge in [-0.3, -0.25) is 4.79 Å². The molecule has 3 N–H and O–H groups in total. The van der Waals surface area contributed by atoms with Gasteiger partial charge in [0.05, 0.1) is 16.2 Å². The number of carbonyl (C=O) groups is 2. The van der Waals surface area contributed by atoms with Crippen LogP contribution in [0.5, 0.6) is 0 Å². The van der Waals surface area contributed by atoms with Gasteiger partial charge in [0, 0.05) is 30.9 Å². The van der Waals surface area contributed by atoms with Crippen molar-refractivity contribution in [1.82, 2.24) is 10.2 Å². The Morgan fingerprint density at radius 1 is 1.16 bits per heavy atom. The summed E-state index contributed by atoms with van der Waals surface area (Å²) in [5.74, 6) is 0.0136. The first kappa shape index (κ1) is 22.6. The maximum absolute atomic E-state index is 12.3. The van der Waals surface area contributed by atoms with Gasteiger partial charge >= 0.3 is 6.03 Å². The minimum atomic E-state index is -0.476. The lowest BCUT2D eigenvalue weighted by molar-refractivity contribution is -0.116. The fourth-order valence-corrected chi connectivity index (χ4v) is 4.61. The predicted octanol–water partition coefficient (Wildman–Crippen LogP) is 4.43. The van der Waals surface area contributed by atoms with E-state index >= 15 is 0 Å². The summed E-state index contributed by atoms with van der Waals surface area (Å²) in [6, 6.07) is 11.5. The highest BCUT2D eigenvalue weighted by atomic mass is 35.5. The molecule has 0 radical (unpaired) electrons. The molecule has 3 amide bonds. The second kappa shape index (κ2) is 9.48. The third-order valence-corrected chi connectivity index (χ3v) is 6.35. The quantitative estimate of drug-likeness (QED) is 0.600. The molecule has 0 bridgehead atoms. The van der Waals surface area contributed by atoms with Gasteiger partial charge in [-0.25, -0.2) is 4.79 Å². The minimum absolute atomic E-state index is 0.0136. The van der Waals surface area contributed by atoms with Crippen LogP contribution in [0.3, 0.4) is 0 Å². The predicted molar refractivity (Wildman–Crippen MR) is 127 cm³/mol. The summed E-state index contributed by atoms with van der Waals surface area (Å²) in [5, 5.41) is 9.43. The standard InChI is InChI=1S/C24H29ClN4O3/c1-29(2)11-3-4-21(30)26-18-7-5-16(6-8-18)17-14-19-22(20(25)15-17)27-23(31)28-24(19)9-12-32-13-10-24/h5-8,14-15H,3-4,9-13H2,1-2H3,(H,26,30)(H2,27,28,31). The third-order valence-electron chi connectivity index (χ3n) is 6.05. The van der Waals surface area contributed by atoms with E-state index in [4.69, 9.17) is 16.3 Å². The molecular formula is C24H29ClN4O3. The number of hydrogen-bond acceptors (Lipinski definition) is 4. The van der Waals surface area contributed by atoms with Gasteiger partial charge in [0.2, 0.25) is 5.91 Å². The fourth-order valence-electron chi connectivity index (χ4n) is 4.35. The SMILES string of the molecule is CN(C)CCCC(=O)Nc1ccc(-c2cc(Cl)c3c(c2)C2(CCOCC2)NC(=O)N3)cc1. The van der Waals surface area contributed by atoms with Crippen LogP contribution >= 0.6 is 11.6 Å². The van der Waals surface area contributed by atoms with Crippen molar-refractivity contribution in [2.75, 3.05) is 44.5 Å². The van der Waals surface area contributed by atoms with E-state index in [1.807, 2.05) is 44.4 Å². The van der Waals surface area contributed by atoms with Gasteiger partial charge in [0.1, 0.15) is 0 Å². The number of amides is 3. The molecule has 0 aromatic heterocycles. The molecule has 0 aliphatic carbocycles. The van der Waals surface area contributed by atoms with Crippen molar-refractivity contribution in [3.05, 3.63) is 47.0 Å². The number of urea groups is 1. The summed E-state index contributed by atoms with van der Waals surface area (Å²) in [4.78, 5) is 26.5. The van der Waals surface area contributed by atoms with Crippen molar-refractivity contribution in [2.45, 2.75) is 31.2 Å². The molecule has 0 saturated carbocycles. The Bertz CT molecular complexity index is 1000. The Hall–Kier alpha value is -2.61. The summed E-state index contributed by atoms with van der Waals surface area (Å²) >= 11 is 6.60. The van der Waals surface area contributed by atoms with E-state index in [2.05, 4.69) is 26.9 Å². The zero-order valence-corrected chi connectivity index (χ0v) is 19.2. The van der Waals surface area contributed by atoms with Gasteiger partial charge in [-0.1, -0.05) is 23.7 Å². The van der Waals surface area contributed by atoms with Gasteiger partial charge < -0.3 is 25.6 Å². The number of halogens is 1. The number of nitrogens with one attached hydrogen (secondary N) is 3. The van der Waals surface area contributed by atoms with Crippen molar-refractivity contribution in [1.29, 1.82) is 0 Å². The summed E-state index contributed by atoms with van der Waals surface area (Å²) in [6.45, 7) is 2.06. The second-order valence-corrected chi connectivity index (χ2v) is 9.09. The van der Waals surface area contributed by atoms with Crippen LogP contribution in [0.2, 0.25) is 5.02 Å². The Morgan fingerprint density at radius 3 is 2.56 bits per heavy atom. The van der Waals surface area contributed by atoms with E-state index in [9.17, 15) is 9.59 Å². The van der Waals surface area contributed by atoms with Crippen LogP contribution < -0.4 is 16.0 Å². The molecular weight excluding hydrogens is 428 g/mol. The van der Waals surface area contributed by atoms with Gasteiger partial charge in [-0.15, -0.1) is 0 Å². The molecule has 0 atom stereocenters. The number of fused-ring (bicyclic) bond motifs is 2. The van der Waals surface area contributed by atoms with Crippen molar-refractivity contribution in [3.8, 4) is 11.1 Å². The minimum Gasteiger partial charge on any atom is -0.381 e. The lowest BCUT2D eigenvalue weighted by Gasteiger charge is -2.43. The van der Waals surface area contributed by atoms with Crippen molar-refractivity contribution in [2.24, 2.45) is 0 Å². The molecule has 2 aromatic rings. The summed E-state index contributed by atoms with van der Waals surface area (Å²) in [7, 11) is 3.99. The van der Waals surface area contributed by atoms with Gasteiger partial charge in [-0.2, -0.15) is 0 Å². The van der Waals surface area contributed by atoms with Gasteiger partial charge in [0.25, 0.3) is 0 Å². The summed E-state index contributed by atoms with van der Waals surface area (Å²) in [5.41, 5.74) is 3.89. The number of carbonyl (C=O) groups excluding carboxylic acids is 2. The molecule has 7 nitrogen and oxygen atoms in total. The molecule has 2 aromatic carbocycles. The largest absolute Gasteiger partial charge is 0.381 e. The highest BCUT2D eigenvalue weighted by molar-refractivity contribution is 6.34. The first-order chi connectivity index (χ1) is 15.4. The summed E-state index contributed by atoms with van der Waals surface area (Å²) < 4.78 is 5.53. The van der Waals surface area contributed by atoms with E-state index in [1.54, 1.807) is 0 Å². The average molecular weight is 457 g/mol. The molecule has 1 saturated heterocycles. The molecule has 2 aliphatic rings. The van der Waals surface area contributed by atoms with Crippen molar-refractivity contribution < 1.29 is 14.3 Å². The normalized spacial score (nSPS) is 16.9. The second-order valence-electron chi connectivity index (χ2n) is 8.69. The maximum atomic E-state index is 12.3. The summed E-state index contributed by atoms with van der Waals surface area (Å²) in [6.07, 6.45) is 2.71.